The molecule has 9 heteroatoms. The predicted octanol–water partition coefficient (Wildman–Crippen LogP) is 4.91. The first-order valence-corrected chi connectivity index (χ1v) is 11.5. The van der Waals surface area contributed by atoms with Gasteiger partial charge in [0.15, 0.2) is 0 Å². The summed E-state index contributed by atoms with van der Waals surface area (Å²) in [6.07, 6.45) is 13.9. The average Bonchev–Trinajstić information content (AvgIpc) is 2.41. The van der Waals surface area contributed by atoms with Crippen molar-refractivity contribution < 1.29 is 32.6 Å². The third-order valence-corrected chi connectivity index (χ3v) is 5.65. The fourth-order valence-electron chi connectivity index (χ4n) is 2.28. The fourth-order valence-corrected chi connectivity index (χ4v) is 3.90. The highest BCUT2D eigenvalue weighted by molar-refractivity contribution is 7.60. The molecule has 0 aromatic rings. The predicted molar refractivity (Wildman–Crippen MR) is 90.0 cm³/mol. The van der Waals surface area contributed by atoms with E-state index >= 15 is 0 Å². The van der Waals surface area contributed by atoms with Crippen LogP contribution in [0.5, 0.6) is 0 Å². The van der Waals surface area contributed by atoms with Crippen molar-refractivity contribution in [2.45, 2.75) is 84.0 Å². The second-order valence-corrected chi connectivity index (χ2v) is 8.59. The van der Waals surface area contributed by atoms with E-state index in [-0.39, 0.29) is 6.61 Å². The summed E-state index contributed by atoms with van der Waals surface area (Å²) in [5.41, 5.74) is 0. The minimum absolute atomic E-state index is 0.0504. The van der Waals surface area contributed by atoms with Gasteiger partial charge in [0.25, 0.3) is 0 Å². The Morgan fingerprint density at radius 2 is 1.09 bits per heavy atom. The van der Waals surface area contributed by atoms with Crippen molar-refractivity contribution in [3.8, 4) is 0 Å². The first-order chi connectivity index (χ1) is 10.8. The number of rotatable bonds is 16. The maximum Gasteiger partial charge on any atom is 0.481 e. The van der Waals surface area contributed by atoms with Gasteiger partial charge in [-0.05, 0) is 6.42 Å². The molecule has 0 spiro atoms. The van der Waals surface area contributed by atoms with Crippen molar-refractivity contribution in [2.75, 3.05) is 6.61 Å². The molecule has 0 saturated heterocycles. The molecule has 0 aliphatic heterocycles. The quantitative estimate of drug-likeness (QED) is 0.260. The Morgan fingerprint density at radius 1 is 0.696 bits per heavy atom. The molecule has 0 aliphatic carbocycles. The SMILES string of the molecule is CCCCCCCCCCCCCCOP(=O)(O)OP(=O)(O)O. The van der Waals surface area contributed by atoms with E-state index < -0.39 is 15.6 Å². The summed E-state index contributed by atoms with van der Waals surface area (Å²) < 4.78 is 29.8. The monoisotopic (exact) mass is 374 g/mol. The number of phosphoric ester groups is 1. The maximum atomic E-state index is 11.1. The minimum atomic E-state index is -5.01. The van der Waals surface area contributed by atoms with Gasteiger partial charge in [-0.2, -0.15) is 4.31 Å². The second kappa shape index (κ2) is 13.5. The van der Waals surface area contributed by atoms with Gasteiger partial charge in [-0.25, -0.2) is 9.13 Å². The van der Waals surface area contributed by atoms with Crippen LogP contribution in [-0.2, 0) is 18.0 Å². The Hall–Kier alpha value is 0.260. The van der Waals surface area contributed by atoms with Gasteiger partial charge in [-0.15, -0.1) is 0 Å². The maximum absolute atomic E-state index is 11.1. The van der Waals surface area contributed by atoms with Crippen LogP contribution in [-0.4, -0.2) is 21.3 Å². The first-order valence-electron chi connectivity index (χ1n) is 8.51. The van der Waals surface area contributed by atoms with Crippen molar-refractivity contribution in [2.24, 2.45) is 0 Å². The summed E-state index contributed by atoms with van der Waals surface area (Å²) in [4.78, 5) is 25.9. The Morgan fingerprint density at radius 3 is 1.48 bits per heavy atom. The van der Waals surface area contributed by atoms with Gasteiger partial charge in [-0.3, -0.25) is 4.52 Å². The minimum Gasteiger partial charge on any atom is -0.302 e. The zero-order valence-electron chi connectivity index (χ0n) is 14.1. The third kappa shape index (κ3) is 18.4. The molecular weight excluding hydrogens is 342 g/mol. The van der Waals surface area contributed by atoms with Crippen molar-refractivity contribution in [1.29, 1.82) is 0 Å². The summed E-state index contributed by atoms with van der Waals surface area (Å²) in [7, 11) is -9.67. The summed E-state index contributed by atoms with van der Waals surface area (Å²) in [5, 5.41) is 0. The largest absolute Gasteiger partial charge is 0.481 e. The van der Waals surface area contributed by atoms with E-state index in [0.717, 1.165) is 19.3 Å². The molecule has 0 amide bonds. The van der Waals surface area contributed by atoms with Gasteiger partial charge in [0.05, 0.1) is 6.61 Å². The Kier molecular flexibility index (Phi) is 13.7. The summed E-state index contributed by atoms with van der Waals surface area (Å²) in [6.45, 7) is 2.17. The van der Waals surface area contributed by atoms with Gasteiger partial charge in [0, 0.05) is 0 Å². The van der Waals surface area contributed by atoms with Gasteiger partial charge in [0.2, 0.25) is 0 Å². The van der Waals surface area contributed by atoms with Crippen LogP contribution >= 0.6 is 15.6 Å². The number of phosphoric acid groups is 2. The lowest BCUT2D eigenvalue weighted by molar-refractivity contribution is 0.176. The highest BCUT2D eigenvalue weighted by Gasteiger charge is 2.31. The third-order valence-electron chi connectivity index (χ3n) is 3.46. The molecule has 0 aliphatic rings. The van der Waals surface area contributed by atoms with Gasteiger partial charge in [0.1, 0.15) is 0 Å². The Labute approximate surface area is 139 Å². The molecule has 0 fully saturated rings. The van der Waals surface area contributed by atoms with Crippen LogP contribution in [0.2, 0.25) is 0 Å². The van der Waals surface area contributed by atoms with E-state index in [1.807, 2.05) is 0 Å². The van der Waals surface area contributed by atoms with E-state index in [9.17, 15) is 9.13 Å². The van der Waals surface area contributed by atoms with Crippen LogP contribution in [0, 0.1) is 0 Å². The van der Waals surface area contributed by atoms with Crippen LogP contribution in [0.1, 0.15) is 84.0 Å². The number of hydrogen-bond acceptors (Lipinski definition) is 4. The smallest absolute Gasteiger partial charge is 0.302 e. The topological polar surface area (TPSA) is 113 Å². The van der Waals surface area contributed by atoms with Crippen LogP contribution in [0.4, 0.5) is 0 Å². The molecule has 1 atom stereocenters. The van der Waals surface area contributed by atoms with Gasteiger partial charge < -0.3 is 14.7 Å². The Balaban J connectivity index is 3.34. The molecule has 7 nitrogen and oxygen atoms in total. The molecule has 0 heterocycles. The van der Waals surface area contributed by atoms with Gasteiger partial charge >= 0.3 is 15.6 Å². The van der Waals surface area contributed by atoms with Crippen molar-refractivity contribution in [3.63, 3.8) is 0 Å². The number of unbranched alkanes of at least 4 members (excludes halogenated alkanes) is 11. The molecular formula is C14H32O7P2. The highest BCUT2D eigenvalue weighted by Crippen LogP contribution is 2.57. The van der Waals surface area contributed by atoms with Gasteiger partial charge in [-0.1, -0.05) is 77.6 Å². The molecule has 0 aromatic heterocycles. The van der Waals surface area contributed by atoms with Crippen LogP contribution in [0.25, 0.3) is 0 Å². The molecule has 0 bridgehead atoms. The molecule has 0 rings (SSSR count). The van der Waals surface area contributed by atoms with E-state index in [0.29, 0.717) is 6.42 Å². The van der Waals surface area contributed by atoms with E-state index in [1.54, 1.807) is 0 Å². The fraction of sp³-hybridized carbons (Fsp3) is 1.00. The average molecular weight is 374 g/mol. The molecule has 23 heavy (non-hydrogen) atoms. The lowest BCUT2D eigenvalue weighted by Crippen LogP contribution is -1.96. The van der Waals surface area contributed by atoms with E-state index in [4.69, 9.17) is 14.7 Å². The van der Waals surface area contributed by atoms with Crippen LogP contribution < -0.4 is 0 Å². The zero-order chi connectivity index (χ0) is 17.6. The molecule has 3 N–H and O–H groups in total. The van der Waals surface area contributed by atoms with Crippen LogP contribution in [0.3, 0.4) is 0 Å². The van der Waals surface area contributed by atoms with Crippen LogP contribution in [0.15, 0.2) is 0 Å². The lowest BCUT2D eigenvalue weighted by atomic mass is 10.1. The normalized spacial score (nSPS) is 14.8. The summed E-state index contributed by atoms with van der Waals surface area (Å²) in [6, 6.07) is 0. The zero-order valence-corrected chi connectivity index (χ0v) is 15.9. The first kappa shape index (κ1) is 23.3. The lowest BCUT2D eigenvalue weighted by Gasteiger charge is -2.12. The number of hydrogen-bond donors (Lipinski definition) is 3. The summed E-state index contributed by atoms with van der Waals surface area (Å²) in [5.74, 6) is 0. The standard InChI is InChI=1S/C14H32O7P2/c1-2-3-4-5-6-7-8-9-10-11-12-13-14-20-23(18,19)21-22(15,16)17/h2-14H2,1H3,(H,18,19)(H2,15,16,17). The van der Waals surface area contributed by atoms with Crippen molar-refractivity contribution >= 4 is 15.6 Å². The molecule has 0 aromatic carbocycles. The second-order valence-electron chi connectivity index (χ2n) is 5.76. The van der Waals surface area contributed by atoms with Crippen molar-refractivity contribution in [3.05, 3.63) is 0 Å². The van der Waals surface area contributed by atoms with Crippen molar-refractivity contribution in [1.82, 2.24) is 0 Å². The molecule has 140 valence electrons. The highest BCUT2D eigenvalue weighted by atomic mass is 31.3. The van der Waals surface area contributed by atoms with E-state index in [1.165, 1.54) is 51.4 Å². The molecule has 0 saturated carbocycles. The summed E-state index contributed by atoms with van der Waals surface area (Å²) >= 11 is 0. The Bertz CT molecular complexity index is 370. The molecule has 0 radical (unpaired) electrons. The molecule has 1 unspecified atom stereocenters. The van der Waals surface area contributed by atoms with E-state index in [2.05, 4.69) is 15.8 Å².